The molecule has 0 aromatic heterocycles. The number of rotatable bonds is 5. The van der Waals surface area contributed by atoms with Crippen molar-refractivity contribution < 1.29 is 9.53 Å². The lowest BCUT2D eigenvalue weighted by Gasteiger charge is -2.32. The van der Waals surface area contributed by atoms with Gasteiger partial charge in [0.2, 0.25) is 0 Å². The molecular weight excluding hydrogens is 342 g/mol. The second kappa shape index (κ2) is 8.63. The Morgan fingerprint density at radius 2 is 1.85 bits per heavy atom. The molecule has 0 N–H and O–H groups in total. The van der Waals surface area contributed by atoms with E-state index in [-0.39, 0.29) is 5.91 Å². The van der Waals surface area contributed by atoms with Crippen LogP contribution in [-0.2, 0) is 6.42 Å². The molecule has 1 aliphatic heterocycles. The van der Waals surface area contributed by atoms with Gasteiger partial charge in [-0.25, -0.2) is 0 Å². The number of aryl methyl sites for hydroxylation is 1. The normalized spacial score (nSPS) is 15.1. The number of benzene rings is 2. The highest BCUT2D eigenvalue weighted by Gasteiger charge is 2.24. The van der Waals surface area contributed by atoms with Crippen LogP contribution < -0.4 is 4.74 Å². The molecule has 0 aliphatic carbocycles. The Hall–Kier alpha value is -1.94. The smallest absolute Gasteiger partial charge is 0.254 e. The van der Waals surface area contributed by atoms with Crippen molar-refractivity contribution in [1.29, 1.82) is 0 Å². The maximum absolute atomic E-state index is 12.9. The monoisotopic (exact) mass is 369 g/mol. The molecule has 3 rings (SSSR count). The van der Waals surface area contributed by atoms with Gasteiger partial charge >= 0.3 is 0 Å². The number of hydrogen-bond acceptors (Lipinski definition) is 3. The highest BCUT2D eigenvalue weighted by molar-refractivity contribution is 7.98. The zero-order valence-electron chi connectivity index (χ0n) is 15.8. The number of ether oxygens (including phenoxy) is 1. The van der Waals surface area contributed by atoms with Crippen LogP contribution in [0.25, 0.3) is 0 Å². The summed E-state index contributed by atoms with van der Waals surface area (Å²) in [5, 5.41) is 0. The van der Waals surface area contributed by atoms with E-state index < -0.39 is 0 Å². The number of likely N-dealkylation sites (tertiary alicyclic amines) is 1. The van der Waals surface area contributed by atoms with Crippen molar-refractivity contribution in [2.75, 3.05) is 26.5 Å². The number of thioether (sulfide) groups is 1. The summed E-state index contributed by atoms with van der Waals surface area (Å²) in [5.74, 6) is 1.73. The van der Waals surface area contributed by atoms with Gasteiger partial charge < -0.3 is 9.64 Å². The summed E-state index contributed by atoms with van der Waals surface area (Å²) in [5.41, 5.74) is 3.26. The van der Waals surface area contributed by atoms with E-state index >= 15 is 0 Å². The molecule has 4 heteroatoms. The lowest BCUT2D eigenvalue weighted by molar-refractivity contribution is 0.0689. The summed E-state index contributed by atoms with van der Waals surface area (Å²) >= 11 is 1.68. The Labute approximate surface area is 160 Å². The van der Waals surface area contributed by atoms with E-state index in [1.165, 1.54) is 5.56 Å². The zero-order valence-corrected chi connectivity index (χ0v) is 16.6. The van der Waals surface area contributed by atoms with Crippen molar-refractivity contribution in [2.45, 2.75) is 31.1 Å². The molecular formula is C22H27NO2S. The van der Waals surface area contributed by atoms with Gasteiger partial charge in [-0.15, -0.1) is 11.8 Å². The number of piperidine rings is 1. The minimum Gasteiger partial charge on any atom is -0.497 e. The molecule has 1 heterocycles. The summed E-state index contributed by atoms with van der Waals surface area (Å²) < 4.78 is 5.22. The highest BCUT2D eigenvalue weighted by atomic mass is 32.2. The standard InChI is InChI=1S/C22H27NO2S/c1-16-4-9-20(26-3)15-21(16)22(24)23-12-10-18(11-13-23)14-17-5-7-19(25-2)8-6-17/h4-9,15,18H,10-14H2,1-3H3. The van der Waals surface area contributed by atoms with E-state index in [9.17, 15) is 4.79 Å². The molecule has 1 saturated heterocycles. The lowest BCUT2D eigenvalue weighted by atomic mass is 9.90. The van der Waals surface area contributed by atoms with Crippen LogP contribution in [0.2, 0.25) is 0 Å². The Morgan fingerprint density at radius 1 is 1.15 bits per heavy atom. The second-order valence-electron chi connectivity index (χ2n) is 6.97. The molecule has 0 saturated carbocycles. The fourth-order valence-electron chi connectivity index (χ4n) is 3.56. The minimum atomic E-state index is 0.182. The van der Waals surface area contributed by atoms with Crippen LogP contribution in [0.5, 0.6) is 5.75 Å². The molecule has 1 fully saturated rings. The van der Waals surface area contributed by atoms with Crippen LogP contribution in [0.4, 0.5) is 0 Å². The average molecular weight is 370 g/mol. The molecule has 0 radical (unpaired) electrons. The van der Waals surface area contributed by atoms with Crippen LogP contribution in [0.15, 0.2) is 47.4 Å². The molecule has 3 nitrogen and oxygen atoms in total. The minimum absolute atomic E-state index is 0.182. The molecule has 1 aliphatic rings. The number of carbonyl (C=O) groups excluding carboxylic acids is 1. The summed E-state index contributed by atoms with van der Waals surface area (Å²) in [4.78, 5) is 16.1. The van der Waals surface area contributed by atoms with Crippen LogP contribution in [0, 0.1) is 12.8 Å². The molecule has 0 bridgehead atoms. The van der Waals surface area contributed by atoms with E-state index in [4.69, 9.17) is 4.74 Å². The first kappa shape index (κ1) is 18.8. The molecule has 0 unspecified atom stereocenters. The number of methoxy groups -OCH3 is 1. The summed E-state index contributed by atoms with van der Waals surface area (Å²) in [6.45, 7) is 3.72. The van der Waals surface area contributed by atoms with Gasteiger partial charge in [-0.2, -0.15) is 0 Å². The maximum atomic E-state index is 12.9. The third kappa shape index (κ3) is 4.42. The summed E-state index contributed by atoms with van der Waals surface area (Å²) in [6, 6.07) is 14.5. The fourth-order valence-corrected chi connectivity index (χ4v) is 4.00. The second-order valence-corrected chi connectivity index (χ2v) is 7.85. The number of nitrogens with zero attached hydrogens (tertiary/aromatic N) is 1. The lowest BCUT2D eigenvalue weighted by Crippen LogP contribution is -2.39. The predicted octanol–water partition coefficient (Wildman–Crippen LogP) is 4.82. The largest absolute Gasteiger partial charge is 0.497 e. The van der Waals surface area contributed by atoms with Gasteiger partial charge in [-0.05, 0) is 73.8 Å². The first-order chi connectivity index (χ1) is 12.6. The Kier molecular flexibility index (Phi) is 6.25. The van der Waals surface area contributed by atoms with Gasteiger partial charge in [-0.1, -0.05) is 18.2 Å². The van der Waals surface area contributed by atoms with Crippen LogP contribution in [0.1, 0.15) is 34.3 Å². The van der Waals surface area contributed by atoms with Crippen molar-refractivity contribution in [3.8, 4) is 5.75 Å². The molecule has 0 atom stereocenters. The third-order valence-corrected chi connectivity index (χ3v) is 5.99. The predicted molar refractivity (Wildman–Crippen MR) is 108 cm³/mol. The number of amides is 1. The van der Waals surface area contributed by atoms with Crippen molar-refractivity contribution in [2.24, 2.45) is 5.92 Å². The van der Waals surface area contributed by atoms with Crippen LogP contribution >= 0.6 is 11.8 Å². The first-order valence-electron chi connectivity index (χ1n) is 9.17. The topological polar surface area (TPSA) is 29.5 Å². The summed E-state index contributed by atoms with van der Waals surface area (Å²) in [6.07, 6.45) is 5.26. The fraction of sp³-hybridized carbons (Fsp3) is 0.409. The van der Waals surface area contributed by atoms with E-state index in [0.717, 1.165) is 54.1 Å². The van der Waals surface area contributed by atoms with Crippen molar-refractivity contribution in [3.05, 3.63) is 59.2 Å². The zero-order chi connectivity index (χ0) is 18.5. The van der Waals surface area contributed by atoms with Gasteiger partial charge in [-0.3, -0.25) is 4.79 Å². The van der Waals surface area contributed by atoms with Crippen LogP contribution in [-0.4, -0.2) is 37.3 Å². The number of hydrogen-bond donors (Lipinski definition) is 0. The van der Waals surface area contributed by atoms with Gasteiger partial charge in [0.25, 0.3) is 5.91 Å². The van der Waals surface area contributed by atoms with Crippen molar-refractivity contribution >= 4 is 17.7 Å². The molecule has 138 valence electrons. The van der Waals surface area contributed by atoms with Gasteiger partial charge in [0.1, 0.15) is 5.75 Å². The Balaban J connectivity index is 1.58. The number of carbonyl (C=O) groups is 1. The summed E-state index contributed by atoms with van der Waals surface area (Å²) in [7, 11) is 1.69. The first-order valence-corrected chi connectivity index (χ1v) is 10.4. The van der Waals surface area contributed by atoms with Crippen LogP contribution in [0.3, 0.4) is 0 Å². The highest BCUT2D eigenvalue weighted by Crippen LogP contribution is 2.26. The Morgan fingerprint density at radius 3 is 2.46 bits per heavy atom. The molecule has 0 spiro atoms. The van der Waals surface area contributed by atoms with Crippen molar-refractivity contribution in [1.82, 2.24) is 4.90 Å². The maximum Gasteiger partial charge on any atom is 0.254 e. The van der Waals surface area contributed by atoms with Gasteiger partial charge in [0.05, 0.1) is 7.11 Å². The van der Waals surface area contributed by atoms with E-state index in [1.54, 1.807) is 18.9 Å². The average Bonchev–Trinajstić information content (AvgIpc) is 2.69. The van der Waals surface area contributed by atoms with Gasteiger partial charge in [0.15, 0.2) is 0 Å². The quantitative estimate of drug-likeness (QED) is 0.708. The van der Waals surface area contributed by atoms with E-state index in [1.807, 2.05) is 36.3 Å². The molecule has 1 amide bonds. The molecule has 2 aromatic carbocycles. The third-order valence-electron chi connectivity index (χ3n) is 5.26. The SMILES string of the molecule is COc1ccc(CC2CCN(C(=O)c3cc(SC)ccc3C)CC2)cc1. The van der Waals surface area contributed by atoms with E-state index in [0.29, 0.717) is 5.92 Å². The Bertz CT molecular complexity index is 749. The van der Waals surface area contributed by atoms with Crippen molar-refractivity contribution in [3.63, 3.8) is 0 Å². The van der Waals surface area contributed by atoms with E-state index in [2.05, 4.69) is 24.3 Å². The van der Waals surface area contributed by atoms with Gasteiger partial charge in [0, 0.05) is 23.5 Å². The molecule has 2 aromatic rings. The molecule has 26 heavy (non-hydrogen) atoms.